The summed E-state index contributed by atoms with van der Waals surface area (Å²) in [7, 11) is 0. The van der Waals surface area contributed by atoms with Crippen LogP contribution in [0.3, 0.4) is 0 Å². The van der Waals surface area contributed by atoms with Crippen LogP contribution in [0.1, 0.15) is 16.1 Å². The maximum absolute atomic E-state index is 13.5. The molecule has 6 heteroatoms. The standard InChI is InChI=1S/C28H26N4O2/c33-27-25-16-8-7-15-24(25)26(29-32(27)23-13-5-2-6-14-23)28(34)31-20-18-30(19-21-31)17-9-12-22-10-3-1-4-11-22/h1-16H,17-21H2/b12-9+. The number of piperazine rings is 1. The molecule has 170 valence electrons. The van der Waals surface area contributed by atoms with E-state index in [-0.39, 0.29) is 11.5 Å². The van der Waals surface area contributed by atoms with Crippen molar-refractivity contribution in [3.63, 3.8) is 0 Å². The van der Waals surface area contributed by atoms with Gasteiger partial charge in [0.2, 0.25) is 0 Å². The molecule has 1 saturated heterocycles. The van der Waals surface area contributed by atoms with Crippen LogP contribution in [0.4, 0.5) is 0 Å². The van der Waals surface area contributed by atoms with E-state index in [1.54, 1.807) is 12.1 Å². The zero-order chi connectivity index (χ0) is 23.3. The molecule has 0 bridgehead atoms. The van der Waals surface area contributed by atoms with Gasteiger partial charge in [0.1, 0.15) is 0 Å². The van der Waals surface area contributed by atoms with E-state index in [4.69, 9.17) is 0 Å². The smallest absolute Gasteiger partial charge is 0.279 e. The summed E-state index contributed by atoms with van der Waals surface area (Å²) in [6, 6.07) is 26.7. The topological polar surface area (TPSA) is 58.4 Å². The Morgan fingerprint density at radius 2 is 1.41 bits per heavy atom. The fraction of sp³-hybridized carbons (Fsp3) is 0.179. The van der Waals surface area contributed by atoms with E-state index in [1.807, 2.05) is 65.6 Å². The van der Waals surface area contributed by atoms with Gasteiger partial charge in [-0.25, -0.2) is 0 Å². The van der Waals surface area contributed by atoms with Crippen molar-refractivity contribution in [2.45, 2.75) is 0 Å². The Morgan fingerprint density at radius 1 is 0.794 bits per heavy atom. The maximum atomic E-state index is 13.5. The first-order valence-corrected chi connectivity index (χ1v) is 11.5. The van der Waals surface area contributed by atoms with Gasteiger partial charge in [0.25, 0.3) is 11.5 Å². The van der Waals surface area contributed by atoms with Crippen LogP contribution in [0.5, 0.6) is 0 Å². The number of benzene rings is 3. The monoisotopic (exact) mass is 450 g/mol. The van der Waals surface area contributed by atoms with Crippen molar-refractivity contribution in [3.05, 3.63) is 113 Å². The highest BCUT2D eigenvalue weighted by Crippen LogP contribution is 2.18. The molecule has 0 N–H and O–H groups in total. The summed E-state index contributed by atoms with van der Waals surface area (Å²) in [5.41, 5.74) is 1.91. The molecule has 4 aromatic rings. The Balaban J connectivity index is 1.34. The van der Waals surface area contributed by atoms with Crippen molar-refractivity contribution in [1.82, 2.24) is 19.6 Å². The van der Waals surface area contributed by atoms with Gasteiger partial charge in [-0.3, -0.25) is 14.5 Å². The molecule has 0 spiro atoms. The fourth-order valence-corrected chi connectivity index (χ4v) is 4.28. The van der Waals surface area contributed by atoms with Crippen LogP contribution < -0.4 is 5.56 Å². The molecule has 2 heterocycles. The quantitative estimate of drug-likeness (QED) is 0.463. The van der Waals surface area contributed by atoms with Gasteiger partial charge in [-0.2, -0.15) is 9.78 Å². The van der Waals surface area contributed by atoms with Crippen molar-refractivity contribution >= 4 is 22.8 Å². The highest BCUT2D eigenvalue weighted by Gasteiger charge is 2.25. The van der Waals surface area contributed by atoms with Gasteiger partial charge in [0, 0.05) is 38.1 Å². The number of hydrogen-bond donors (Lipinski definition) is 0. The number of carbonyl (C=O) groups excluding carboxylic acids is 1. The van der Waals surface area contributed by atoms with E-state index in [2.05, 4.69) is 34.3 Å². The number of para-hydroxylation sites is 1. The Morgan fingerprint density at radius 3 is 2.12 bits per heavy atom. The number of hydrogen-bond acceptors (Lipinski definition) is 4. The van der Waals surface area contributed by atoms with E-state index in [9.17, 15) is 9.59 Å². The second-order valence-corrected chi connectivity index (χ2v) is 8.35. The third kappa shape index (κ3) is 4.54. The third-order valence-corrected chi connectivity index (χ3v) is 6.14. The lowest BCUT2D eigenvalue weighted by Gasteiger charge is -2.34. The predicted molar refractivity (Wildman–Crippen MR) is 135 cm³/mol. The largest absolute Gasteiger partial charge is 0.335 e. The van der Waals surface area contributed by atoms with Gasteiger partial charge in [0.05, 0.1) is 11.1 Å². The van der Waals surface area contributed by atoms with Crippen molar-refractivity contribution in [2.75, 3.05) is 32.7 Å². The highest BCUT2D eigenvalue weighted by molar-refractivity contribution is 6.04. The molecule has 3 aromatic carbocycles. The highest BCUT2D eigenvalue weighted by atomic mass is 16.2. The Hall–Kier alpha value is -4.03. The van der Waals surface area contributed by atoms with E-state index in [1.165, 1.54) is 10.2 Å². The average molecular weight is 451 g/mol. The number of aromatic nitrogens is 2. The first-order valence-electron chi connectivity index (χ1n) is 11.5. The van der Waals surface area contributed by atoms with Gasteiger partial charge in [-0.1, -0.05) is 78.9 Å². The molecule has 0 aliphatic carbocycles. The maximum Gasteiger partial charge on any atom is 0.279 e. The van der Waals surface area contributed by atoms with E-state index < -0.39 is 0 Å². The lowest BCUT2D eigenvalue weighted by atomic mass is 10.1. The van der Waals surface area contributed by atoms with Crippen molar-refractivity contribution in [2.24, 2.45) is 0 Å². The summed E-state index contributed by atoms with van der Waals surface area (Å²) in [5, 5.41) is 5.63. The van der Waals surface area contributed by atoms with Crippen LogP contribution in [0.25, 0.3) is 22.5 Å². The number of fused-ring (bicyclic) bond motifs is 1. The minimum Gasteiger partial charge on any atom is -0.335 e. The Bertz CT molecular complexity index is 1370. The first-order chi connectivity index (χ1) is 16.7. The van der Waals surface area contributed by atoms with Gasteiger partial charge >= 0.3 is 0 Å². The van der Waals surface area contributed by atoms with Crippen LogP contribution in [0, 0.1) is 0 Å². The summed E-state index contributed by atoms with van der Waals surface area (Å²) in [4.78, 5) is 30.8. The molecule has 5 rings (SSSR count). The van der Waals surface area contributed by atoms with Crippen LogP contribution >= 0.6 is 0 Å². The number of carbonyl (C=O) groups is 1. The van der Waals surface area contributed by atoms with Crippen molar-refractivity contribution in [1.29, 1.82) is 0 Å². The Labute approximate surface area is 198 Å². The molecule has 1 amide bonds. The summed E-state index contributed by atoms with van der Waals surface area (Å²) >= 11 is 0. The zero-order valence-electron chi connectivity index (χ0n) is 18.9. The van der Waals surface area contributed by atoms with E-state index in [0.29, 0.717) is 35.2 Å². The first kappa shape index (κ1) is 21.8. The second-order valence-electron chi connectivity index (χ2n) is 8.35. The van der Waals surface area contributed by atoms with Gasteiger partial charge in [0.15, 0.2) is 5.69 Å². The zero-order valence-corrected chi connectivity index (χ0v) is 18.9. The minimum absolute atomic E-state index is 0.139. The SMILES string of the molecule is O=C(c1nn(-c2ccccc2)c(=O)c2ccccc12)N1CCN(C/C=C/c2ccccc2)CC1. The third-order valence-electron chi connectivity index (χ3n) is 6.14. The van der Waals surface area contributed by atoms with Gasteiger partial charge in [-0.15, -0.1) is 0 Å². The van der Waals surface area contributed by atoms with Gasteiger partial charge in [-0.05, 0) is 23.8 Å². The molecule has 0 saturated carbocycles. The van der Waals surface area contributed by atoms with E-state index >= 15 is 0 Å². The predicted octanol–water partition coefficient (Wildman–Crippen LogP) is 3.86. The van der Waals surface area contributed by atoms with Crippen molar-refractivity contribution < 1.29 is 4.79 Å². The molecule has 6 nitrogen and oxygen atoms in total. The molecular formula is C28H26N4O2. The molecule has 34 heavy (non-hydrogen) atoms. The molecule has 1 aliphatic heterocycles. The van der Waals surface area contributed by atoms with Gasteiger partial charge < -0.3 is 4.90 Å². The van der Waals surface area contributed by atoms with Crippen molar-refractivity contribution in [3.8, 4) is 5.69 Å². The molecule has 0 unspecified atom stereocenters. The lowest BCUT2D eigenvalue weighted by molar-refractivity contribution is 0.0645. The van der Waals surface area contributed by atoms with E-state index in [0.717, 1.165) is 19.6 Å². The number of rotatable bonds is 5. The summed E-state index contributed by atoms with van der Waals surface area (Å²) < 4.78 is 1.33. The lowest BCUT2D eigenvalue weighted by Crippen LogP contribution is -2.49. The molecule has 1 aromatic heterocycles. The normalized spacial score (nSPS) is 14.6. The minimum atomic E-state index is -0.228. The van der Waals surface area contributed by atoms with Crippen LogP contribution in [-0.4, -0.2) is 58.2 Å². The number of nitrogens with zero attached hydrogens (tertiary/aromatic N) is 4. The molecule has 0 atom stereocenters. The van der Waals surface area contributed by atoms with Crippen LogP contribution in [0.15, 0.2) is 95.8 Å². The fourth-order valence-electron chi connectivity index (χ4n) is 4.28. The summed E-state index contributed by atoms with van der Waals surface area (Å²) in [6.07, 6.45) is 4.29. The summed E-state index contributed by atoms with van der Waals surface area (Å²) in [6.45, 7) is 3.68. The summed E-state index contributed by atoms with van der Waals surface area (Å²) in [5.74, 6) is -0.139. The number of amides is 1. The molecule has 1 aliphatic rings. The Kier molecular flexibility index (Phi) is 6.31. The molecular weight excluding hydrogens is 424 g/mol. The van der Waals surface area contributed by atoms with Crippen LogP contribution in [-0.2, 0) is 0 Å². The second kappa shape index (κ2) is 9.85. The van der Waals surface area contributed by atoms with Crippen LogP contribution in [0.2, 0.25) is 0 Å². The average Bonchev–Trinajstić information content (AvgIpc) is 2.90. The molecule has 0 radical (unpaired) electrons. The molecule has 1 fully saturated rings.